The number of hydrogen-bond acceptors (Lipinski definition) is 2. The highest BCUT2D eigenvalue weighted by molar-refractivity contribution is 5.96. The molecule has 3 rings (SSSR count). The molecule has 4 nitrogen and oxygen atoms in total. The van der Waals surface area contributed by atoms with Crippen LogP contribution in [0, 0.1) is 37.2 Å². The number of hydrogen-bond donors (Lipinski definition) is 1. The Kier molecular flexibility index (Phi) is 5.72. The second-order valence-electron chi connectivity index (χ2n) is 7.03. The Balaban J connectivity index is 1.63. The van der Waals surface area contributed by atoms with Crippen molar-refractivity contribution < 1.29 is 22.8 Å². The maximum absolute atomic E-state index is 13.9. The van der Waals surface area contributed by atoms with E-state index in [1.165, 1.54) is 4.90 Å². The van der Waals surface area contributed by atoms with Gasteiger partial charge in [-0.25, -0.2) is 13.2 Å². The lowest BCUT2D eigenvalue weighted by atomic mass is 9.95. The number of carbonyl (C=O) groups excluding carboxylic acids is 2. The highest BCUT2D eigenvalue weighted by Crippen LogP contribution is 2.24. The van der Waals surface area contributed by atoms with Gasteiger partial charge in [0.2, 0.25) is 5.91 Å². The zero-order valence-electron chi connectivity index (χ0n) is 15.7. The molecule has 0 bridgehead atoms. The Hall–Kier alpha value is -2.83. The molecular weight excluding hydrogens is 369 g/mol. The standard InChI is InChI=1S/C21H21F3N2O2/c1-12-4-3-5-17(13(12)2)25-20(27)14-8-10-26(11-9-14)21(28)15-6-7-16(22)19(24)18(15)23/h3-7,14H,8-11H2,1-2H3,(H,25,27). The number of nitrogens with one attached hydrogen (secondary N) is 1. The van der Waals surface area contributed by atoms with E-state index in [2.05, 4.69) is 5.32 Å². The smallest absolute Gasteiger partial charge is 0.256 e. The van der Waals surface area contributed by atoms with Crippen molar-refractivity contribution >= 4 is 17.5 Å². The van der Waals surface area contributed by atoms with E-state index in [9.17, 15) is 22.8 Å². The molecule has 0 radical (unpaired) electrons. The van der Waals surface area contributed by atoms with Crippen LogP contribution in [0.5, 0.6) is 0 Å². The molecule has 1 fully saturated rings. The summed E-state index contributed by atoms with van der Waals surface area (Å²) in [6.45, 7) is 4.37. The van der Waals surface area contributed by atoms with Crippen molar-refractivity contribution in [1.82, 2.24) is 4.90 Å². The normalized spacial score (nSPS) is 14.8. The summed E-state index contributed by atoms with van der Waals surface area (Å²) in [4.78, 5) is 26.3. The van der Waals surface area contributed by atoms with Crippen LogP contribution in [-0.2, 0) is 4.79 Å². The molecule has 0 atom stereocenters. The molecule has 2 aromatic carbocycles. The molecule has 2 amide bonds. The number of benzene rings is 2. The molecule has 1 heterocycles. The number of nitrogens with zero attached hydrogens (tertiary/aromatic N) is 1. The maximum Gasteiger partial charge on any atom is 0.256 e. The fraction of sp³-hybridized carbons (Fsp3) is 0.333. The Labute approximate surface area is 161 Å². The van der Waals surface area contributed by atoms with Gasteiger partial charge < -0.3 is 10.2 Å². The van der Waals surface area contributed by atoms with Gasteiger partial charge in [-0.1, -0.05) is 12.1 Å². The lowest BCUT2D eigenvalue weighted by Crippen LogP contribution is -2.41. The number of likely N-dealkylation sites (tertiary alicyclic amines) is 1. The molecule has 1 saturated heterocycles. The van der Waals surface area contributed by atoms with E-state index in [1.54, 1.807) is 0 Å². The molecule has 1 N–H and O–H groups in total. The Bertz CT molecular complexity index is 922. The fourth-order valence-electron chi connectivity index (χ4n) is 3.33. The minimum absolute atomic E-state index is 0.125. The van der Waals surface area contributed by atoms with Gasteiger partial charge in [0.05, 0.1) is 5.56 Å². The number of carbonyl (C=O) groups is 2. The molecule has 2 aromatic rings. The average Bonchev–Trinajstić information content (AvgIpc) is 2.69. The fourth-order valence-corrected chi connectivity index (χ4v) is 3.33. The second kappa shape index (κ2) is 8.04. The van der Waals surface area contributed by atoms with Crippen LogP contribution in [0.15, 0.2) is 30.3 Å². The molecule has 1 aliphatic rings. The van der Waals surface area contributed by atoms with Crippen molar-refractivity contribution in [2.45, 2.75) is 26.7 Å². The summed E-state index contributed by atoms with van der Waals surface area (Å²) in [7, 11) is 0. The number of aryl methyl sites for hydroxylation is 1. The zero-order valence-corrected chi connectivity index (χ0v) is 15.7. The van der Waals surface area contributed by atoms with Crippen molar-refractivity contribution in [2.24, 2.45) is 5.92 Å². The predicted molar refractivity (Wildman–Crippen MR) is 99.5 cm³/mol. The van der Waals surface area contributed by atoms with Gasteiger partial charge in [-0.2, -0.15) is 0 Å². The predicted octanol–water partition coefficient (Wildman–Crippen LogP) is 4.21. The van der Waals surface area contributed by atoms with Crippen molar-refractivity contribution in [1.29, 1.82) is 0 Å². The number of rotatable bonds is 3. The van der Waals surface area contributed by atoms with E-state index >= 15 is 0 Å². The number of anilines is 1. The first kappa shape index (κ1) is 19.9. The third-order valence-electron chi connectivity index (χ3n) is 5.28. The summed E-state index contributed by atoms with van der Waals surface area (Å²) in [5, 5.41) is 2.93. The number of piperidine rings is 1. The van der Waals surface area contributed by atoms with Gasteiger partial charge in [-0.05, 0) is 56.0 Å². The average molecular weight is 390 g/mol. The third-order valence-corrected chi connectivity index (χ3v) is 5.28. The van der Waals surface area contributed by atoms with Gasteiger partial charge in [-0.15, -0.1) is 0 Å². The molecule has 0 aliphatic carbocycles. The van der Waals surface area contributed by atoms with E-state index in [-0.39, 0.29) is 24.9 Å². The molecular formula is C21H21F3N2O2. The summed E-state index contributed by atoms with van der Waals surface area (Å²) >= 11 is 0. The summed E-state index contributed by atoms with van der Waals surface area (Å²) in [5.41, 5.74) is 2.33. The number of amides is 2. The molecule has 0 spiro atoms. The van der Waals surface area contributed by atoms with Gasteiger partial charge in [0.1, 0.15) is 0 Å². The first-order valence-electron chi connectivity index (χ1n) is 9.09. The van der Waals surface area contributed by atoms with Crippen LogP contribution in [0.1, 0.15) is 34.3 Å². The van der Waals surface area contributed by atoms with E-state index in [1.807, 2.05) is 32.0 Å². The van der Waals surface area contributed by atoms with E-state index < -0.39 is 28.9 Å². The van der Waals surface area contributed by atoms with Crippen molar-refractivity contribution in [2.75, 3.05) is 18.4 Å². The molecule has 28 heavy (non-hydrogen) atoms. The van der Waals surface area contributed by atoms with E-state index in [0.29, 0.717) is 12.8 Å². The molecule has 0 unspecified atom stereocenters. The quantitative estimate of drug-likeness (QED) is 0.798. The van der Waals surface area contributed by atoms with Gasteiger partial charge in [0.15, 0.2) is 17.5 Å². The van der Waals surface area contributed by atoms with Gasteiger partial charge in [0, 0.05) is 24.7 Å². The molecule has 0 saturated carbocycles. The minimum atomic E-state index is -1.66. The topological polar surface area (TPSA) is 49.4 Å². The maximum atomic E-state index is 13.9. The molecule has 1 aliphatic heterocycles. The van der Waals surface area contributed by atoms with Crippen molar-refractivity contribution in [3.8, 4) is 0 Å². The van der Waals surface area contributed by atoms with Crippen LogP contribution >= 0.6 is 0 Å². The molecule has 148 valence electrons. The Morgan fingerprint density at radius 2 is 1.68 bits per heavy atom. The van der Waals surface area contributed by atoms with Crippen molar-refractivity contribution in [3.63, 3.8) is 0 Å². The largest absolute Gasteiger partial charge is 0.339 e. The third kappa shape index (κ3) is 3.88. The highest BCUT2D eigenvalue weighted by Gasteiger charge is 2.30. The SMILES string of the molecule is Cc1cccc(NC(=O)C2CCN(C(=O)c3ccc(F)c(F)c3F)CC2)c1C. The zero-order chi connectivity index (χ0) is 20.4. The van der Waals surface area contributed by atoms with Crippen LogP contribution in [-0.4, -0.2) is 29.8 Å². The van der Waals surface area contributed by atoms with Crippen LogP contribution in [0.4, 0.5) is 18.9 Å². The van der Waals surface area contributed by atoms with Gasteiger partial charge >= 0.3 is 0 Å². The summed E-state index contributed by atoms with van der Waals surface area (Å²) < 4.78 is 40.3. The second-order valence-corrected chi connectivity index (χ2v) is 7.03. The number of halogens is 3. The monoisotopic (exact) mass is 390 g/mol. The van der Waals surface area contributed by atoms with Crippen LogP contribution in [0.3, 0.4) is 0 Å². The van der Waals surface area contributed by atoms with E-state index in [4.69, 9.17) is 0 Å². The summed E-state index contributed by atoms with van der Waals surface area (Å²) in [6.07, 6.45) is 0.821. The summed E-state index contributed by atoms with van der Waals surface area (Å²) in [5.74, 6) is -5.59. The lowest BCUT2D eigenvalue weighted by Gasteiger charge is -2.31. The van der Waals surface area contributed by atoms with Crippen molar-refractivity contribution in [3.05, 3.63) is 64.5 Å². The minimum Gasteiger partial charge on any atom is -0.339 e. The van der Waals surface area contributed by atoms with Crippen LogP contribution in [0.25, 0.3) is 0 Å². The first-order chi connectivity index (χ1) is 13.3. The van der Waals surface area contributed by atoms with Crippen LogP contribution in [0.2, 0.25) is 0 Å². The molecule has 7 heteroatoms. The Morgan fingerprint density at radius 1 is 1.00 bits per heavy atom. The van der Waals surface area contributed by atoms with Gasteiger partial charge in [-0.3, -0.25) is 9.59 Å². The first-order valence-corrected chi connectivity index (χ1v) is 9.09. The van der Waals surface area contributed by atoms with Crippen LogP contribution < -0.4 is 5.32 Å². The lowest BCUT2D eigenvalue weighted by molar-refractivity contribution is -0.121. The summed E-state index contributed by atoms with van der Waals surface area (Å²) in [6, 6.07) is 7.35. The van der Waals surface area contributed by atoms with E-state index in [0.717, 1.165) is 28.9 Å². The highest BCUT2D eigenvalue weighted by atomic mass is 19.2. The van der Waals surface area contributed by atoms with Gasteiger partial charge in [0.25, 0.3) is 5.91 Å². The molecule has 0 aromatic heterocycles. The Morgan fingerprint density at radius 3 is 2.36 bits per heavy atom.